The third kappa shape index (κ3) is 34.9. The summed E-state index contributed by atoms with van der Waals surface area (Å²) in [6.45, 7) is 15.0. The van der Waals surface area contributed by atoms with Crippen molar-refractivity contribution in [1.29, 1.82) is 0 Å². The Morgan fingerprint density at radius 2 is 1.07 bits per heavy atom. The van der Waals surface area contributed by atoms with Crippen LogP contribution in [0, 0.1) is 11.8 Å². The first kappa shape index (κ1) is 57.5. The Morgan fingerprint density at radius 3 is 1.60 bits per heavy atom. The molecule has 1 aliphatic rings. The highest BCUT2D eigenvalue weighted by Gasteiger charge is 2.21. The Morgan fingerprint density at radius 1 is 0.600 bits per heavy atom. The minimum atomic E-state index is -0.527. The quantitative estimate of drug-likeness (QED) is 0.0454. The van der Waals surface area contributed by atoms with Crippen LogP contribution in [0.1, 0.15) is 207 Å². The molecule has 8 nitrogen and oxygen atoms in total. The number of unbranched alkanes of at least 4 members (excludes halogenated alkanes) is 16. The summed E-state index contributed by atoms with van der Waals surface area (Å²) in [6, 6.07) is 0. The molecule has 0 radical (unpaired) electrons. The molecule has 1 fully saturated rings. The number of hydrogen-bond acceptors (Lipinski definition) is 10. The first-order valence-electron chi connectivity index (χ1n) is 25.6. The third-order valence-corrected chi connectivity index (χ3v) is 14.5. The van der Waals surface area contributed by atoms with Gasteiger partial charge in [0.1, 0.15) is 0 Å². The molecule has 1 saturated heterocycles. The van der Waals surface area contributed by atoms with Crippen molar-refractivity contribution in [2.45, 2.75) is 220 Å². The van der Waals surface area contributed by atoms with E-state index in [1.807, 2.05) is 0 Å². The Kier molecular flexibility index (Phi) is 40.7. The second-order valence-corrected chi connectivity index (χ2v) is 20.4. The molecule has 0 aromatic rings. The van der Waals surface area contributed by atoms with E-state index in [1.54, 1.807) is 23.5 Å². The molecule has 4 unspecified atom stereocenters. The van der Waals surface area contributed by atoms with E-state index in [0.717, 1.165) is 76.9 Å². The van der Waals surface area contributed by atoms with Crippen LogP contribution in [0.3, 0.4) is 0 Å². The van der Waals surface area contributed by atoms with E-state index in [-0.39, 0.29) is 17.9 Å². The number of likely N-dealkylation sites (tertiary alicyclic amines) is 1. The second-order valence-electron chi connectivity index (χ2n) is 18.1. The number of rotatable bonds is 45. The van der Waals surface area contributed by atoms with Crippen LogP contribution in [0.25, 0.3) is 0 Å². The molecule has 60 heavy (non-hydrogen) atoms. The summed E-state index contributed by atoms with van der Waals surface area (Å²) in [4.78, 5) is 30.4. The van der Waals surface area contributed by atoms with Gasteiger partial charge < -0.3 is 24.6 Å². The molecular formula is C50H98N2O6S2. The second kappa shape index (κ2) is 42.4. The van der Waals surface area contributed by atoms with Gasteiger partial charge in [0.05, 0.1) is 37.8 Å². The molecule has 0 bridgehead atoms. The van der Waals surface area contributed by atoms with Crippen LogP contribution in [0.15, 0.2) is 0 Å². The number of hydrogen-bond donors (Lipinski definition) is 2. The van der Waals surface area contributed by atoms with Crippen molar-refractivity contribution in [1.82, 2.24) is 9.80 Å². The minimum absolute atomic E-state index is 0.00823. The van der Waals surface area contributed by atoms with E-state index < -0.39 is 12.2 Å². The van der Waals surface area contributed by atoms with Crippen LogP contribution in [-0.2, 0) is 19.1 Å². The van der Waals surface area contributed by atoms with Crippen LogP contribution in [-0.4, -0.2) is 120 Å². The molecule has 2 N–H and O–H groups in total. The highest BCUT2D eigenvalue weighted by atomic mass is 32.2. The summed E-state index contributed by atoms with van der Waals surface area (Å²) < 4.78 is 11.6. The summed E-state index contributed by atoms with van der Waals surface area (Å²) >= 11 is 3.34. The predicted octanol–water partition coefficient (Wildman–Crippen LogP) is 12.1. The first-order chi connectivity index (χ1) is 29.3. The highest BCUT2D eigenvalue weighted by molar-refractivity contribution is 7.99. The van der Waals surface area contributed by atoms with Crippen molar-refractivity contribution >= 4 is 35.5 Å². The average Bonchev–Trinajstić information content (AvgIpc) is 3.77. The van der Waals surface area contributed by atoms with Gasteiger partial charge in [0.2, 0.25) is 0 Å². The van der Waals surface area contributed by atoms with Crippen LogP contribution in [0.2, 0.25) is 0 Å². The number of carbonyl (C=O) groups is 2. The fraction of sp³-hybridized carbons (Fsp3) is 0.960. The van der Waals surface area contributed by atoms with Crippen molar-refractivity contribution in [3.05, 3.63) is 0 Å². The fourth-order valence-electron chi connectivity index (χ4n) is 8.33. The van der Waals surface area contributed by atoms with E-state index in [4.69, 9.17) is 9.47 Å². The normalized spacial score (nSPS) is 15.4. The number of nitrogens with zero attached hydrogens (tertiary/aromatic N) is 2. The van der Waals surface area contributed by atoms with Gasteiger partial charge in [-0.05, 0) is 69.7 Å². The van der Waals surface area contributed by atoms with Crippen LogP contribution in [0.5, 0.6) is 0 Å². The van der Waals surface area contributed by atoms with Crippen LogP contribution >= 0.6 is 23.5 Å². The van der Waals surface area contributed by atoms with Gasteiger partial charge in [0, 0.05) is 43.4 Å². The van der Waals surface area contributed by atoms with Crippen molar-refractivity contribution in [2.75, 3.05) is 75.5 Å². The van der Waals surface area contributed by atoms with E-state index in [1.165, 1.54) is 128 Å². The standard InChI is InChI=1S/C50H98N2O6S2/c1-5-9-13-17-19-22-29-45(28-21-15-11-7-3)42-58-49(55)32-39-60-44-48(54)41-52(36-35-51-33-25-26-34-51)40-47(53)43-59-38-27-37-57-50(56)46(30-23-16-12-8-4)31-24-20-18-14-10-6-2/h45-48,53-54H,5-44H2,1-4H3. The number of aliphatic hydroxyl groups is 2. The summed E-state index contributed by atoms with van der Waals surface area (Å²) in [6.07, 6.45) is 31.8. The molecule has 1 rings (SSSR count). The lowest BCUT2D eigenvalue weighted by molar-refractivity contribution is -0.149. The Bertz CT molecular complexity index is 958. The summed E-state index contributed by atoms with van der Waals surface area (Å²) in [5, 5.41) is 22.1. The van der Waals surface area contributed by atoms with Crippen LogP contribution in [0.4, 0.5) is 0 Å². The first-order valence-corrected chi connectivity index (χ1v) is 27.9. The average molecular weight is 887 g/mol. The van der Waals surface area contributed by atoms with Gasteiger partial charge in [0.25, 0.3) is 0 Å². The zero-order valence-electron chi connectivity index (χ0n) is 39.8. The fourth-order valence-corrected chi connectivity index (χ4v) is 10.1. The van der Waals surface area contributed by atoms with Gasteiger partial charge in [-0.1, -0.05) is 156 Å². The molecule has 1 heterocycles. The van der Waals surface area contributed by atoms with Gasteiger partial charge in [0.15, 0.2) is 0 Å². The van der Waals surface area contributed by atoms with E-state index in [2.05, 4.69) is 37.5 Å². The maximum absolute atomic E-state index is 13.0. The molecule has 10 heteroatoms. The zero-order chi connectivity index (χ0) is 43.7. The SMILES string of the molecule is CCCCCCCCC(CCCCCC)COC(=O)CCSCC(O)CN(CCN1CCCC1)CC(O)CSCCCOC(=O)C(CCCCCC)CCCCCCCC. The summed E-state index contributed by atoms with van der Waals surface area (Å²) in [5.74, 6) is 3.06. The largest absolute Gasteiger partial charge is 0.465 e. The molecule has 0 spiro atoms. The lowest BCUT2D eigenvalue weighted by atomic mass is 9.94. The van der Waals surface area contributed by atoms with Crippen molar-refractivity contribution in [3.8, 4) is 0 Å². The topological polar surface area (TPSA) is 99.5 Å². The molecule has 0 aromatic heterocycles. The van der Waals surface area contributed by atoms with Gasteiger partial charge >= 0.3 is 11.9 Å². The van der Waals surface area contributed by atoms with Crippen molar-refractivity contribution in [2.24, 2.45) is 11.8 Å². The third-order valence-electron chi connectivity index (χ3n) is 12.2. The monoisotopic (exact) mass is 887 g/mol. The van der Waals surface area contributed by atoms with E-state index in [9.17, 15) is 19.8 Å². The lowest BCUT2D eigenvalue weighted by Crippen LogP contribution is -2.43. The maximum Gasteiger partial charge on any atom is 0.308 e. The Balaban J connectivity index is 2.42. The van der Waals surface area contributed by atoms with Gasteiger partial charge in [-0.25, -0.2) is 0 Å². The van der Waals surface area contributed by atoms with Crippen molar-refractivity contribution in [3.63, 3.8) is 0 Å². The highest BCUT2D eigenvalue weighted by Crippen LogP contribution is 2.22. The molecule has 0 amide bonds. The Labute approximate surface area is 380 Å². The smallest absolute Gasteiger partial charge is 0.308 e. The number of carbonyl (C=O) groups excluding carboxylic acids is 2. The maximum atomic E-state index is 13.0. The predicted molar refractivity (Wildman–Crippen MR) is 260 cm³/mol. The molecule has 356 valence electrons. The molecule has 0 aliphatic carbocycles. The van der Waals surface area contributed by atoms with E-state index in [0.29, 0.717) is 55.9 Å². The number of ether oxygens (including phenoxy) is 2. The van der Waals surface area contributed by atoms with Crippen LogP contribution < -0.4 is 0 Å². The summed E-state index contributed by atoms with van der Waals surface area (Å²) in [7, 11) is 0. The minimum Gasteiger partial charge on any atom is -0.465 e. The summed E-state index contributed by atoms with van der Waals surface area (Å²) in [5.41, 5.74) is 0. The molecular weight excluding hydrogens is 789 g/mol. The zero-order valence-corrected chi connectivity index (χ0v) is 41.5. The Hall–Kier alpha value is -0.520. The van der Waals surface area contributed by atoms with E-state index >= 15 is 0 Å². The number of thioether (sulfide) groups is 2. The van der Waals surface area contributed by atoms with Gasteiger partial charge in [-0.15, -0.1) is 0 Å². The lowest BCUT2D eigenvalue weighted by Gasteiger charge is -2.29. The molecule has 0 saturated carbocycles. The molecule has 4 atom stereocenters. The molecule has 1 aliphatic heterocycles. The number of esters is 2. The van der Waals surface area contributed by atoms with Crippen molar-refractivity contribution < 1.29 is 29.3 Å². The van der Waals surface area contributed by atoms with Gasteiger partial charge in [-0.3, -0.25) is 14.5 Å². The van der Waals surface area contributed by atoms with Gasteiger partial charge in [-0.2, -0.15) is 23.5 Å². The number of aliphatic hydroxyl groups excluding tert-OH is 2. The molecule has 0 aromatic carbocycles.